The molecule has 3 N–H and O–H groups in total. The number of nitrogens with one attached hydrogen (secondary N) is 3. The fraction of sp³-hybridized carbons (Fsp3) is 0.458. The van der Waals surface area contributed by atoms with Crippen LogP contribution in [0.15, 0.2) is 42.5 Å². The number of para-hydroxylation sites is 1. The van der Waals surface area contributed by atoms with Crippen molar-refractivity contribution in [2.75, 3.05) is 57.8 Å². The molecular weight excluding hydrogens is 378 g/mol. The zero-order chi connectivity index (χ0) is 21.3. The van der Waals surface area contributed by atoms with Crippen molar-refractivity contribution in [2.24, 2.45) is 0 Å². The minimum absolute atomic E-state index is 0.102. The molecule has 0 atom stereocenters. The van der Waals surface area contributed by atoms with Crippen LogP contribution in [0.25, 0.3) is 0 Å². The number of piperazine rings is 1. The smallest absolute Gasteiger partial charge is 0.279 e. The highest BCUT2D eigenvalue weighted by Gasteiger charge is 2.25. The molecule has 1 fully saturated rings. The maximum absolute atomic E-state index is 12.5. The number of amides is 1. The maximum Gasteiger partial charge on any atom is 0.279 e. The van der Waals surface area contributed by atoms with Gasteiger partial charge in [-0.05, 0) is 56.2 Å². The molecule has 0 aromatic heterocycles. The third-order valence-corrected chi connectivity index (χ3v) is 5.68. The number of carbonyl (C=O) groups excluding carboxylic acids is 1. The Balaban J connectivity index is 1.35. The molecule has 1 aliphatic rings. The summed E-state index contributed by atoms with van der Waals surface area (Å²) >= 11 is 0. The van der Waals surface area contributed by atoms with Crippen molar-refractivity contribution in [3.8, 4) is 11.5 Å². The Morgan fingerprint density at radius 2 is 1.47 bits per heavy atom. The van der Waals surface area contributed by atoms with Crippen LogP contribution in [0.1, 0.15) is 18.1 Å². The predicted molar refractivity (Wildman–Crippen MR) is 119 cm³/mol. The summed E-state index contributed by atoms with van der Waals surface area (Å²) in [6.07, 6.45) is 0. The number of hydrogen-bond acceptors (Lipinski definition) is 3. The lowest BCUT2D eigenvalue weighted by Gasteiger charge is -2.29. The number of hydrogen-bond donors (Lipinski definition) is 3. The van der Waals surface area contributed by atoms with E-state index in [1.165, 1.54) is 4.90 Å². The summed E-state index contributed by atoms with van der Waals surface area (Å²) in [5, 5.41) is 3.11. The van der Waals surface area contributed by atoms with Crippen LogP contribution < -0.4 is 24.6 Å². The van der Waals surface area contributed by atoms with Crippen molar-refractivity contribution in [3.63, 3.8) is 0 Å². The third-order valence-electron chi connectivity index (χ3n) is 5.68. The van der Waals surface area contributed by atoms with Gasteiger partial charge in [0.25, 0.3) is 5.91 Å². The number of ether oxygens (including phenoxy) is 2. The molecule has 0 unspecified atom stereocenters. The number of quaternary nitrogens is 2. The molecule has 1 amide bonds. The lowest BCUT2D eigenvalue weighted by atomic mass is 10.1. The summed E-state index contributed by atoms with van der Waals surface area (Å²) in [7, 11) is 0. The number of carbonyl (C=O) groups is 1. The van der Waals surface area contributed by atoms with Crippen LogP contribution in [0.2, 0.25) is 0 Å². The molecule has 3 rings (SSSR count). The zero-order valence-electron chi connectivity index (χ0n) is 18.4. The van der Waals surface area contributed by atoms with Crippen LogP contribution in [0.3, 0.4) is 0 Å². The molecule has 6 heteroatoms. The Kier molecular flexibility index (Phi) is 8.11. The van der Waals surface area contributed by atoms with Gasteiger partial charge in [0.2, 0.25) is 0 Å². The van der Waals surface area contributed by atoms with Gasteiger partial charge in [0.05, 0.1) is 6.61 Å². The van der Waals surface area contributed by atoms with Crippen LogP contribution in [-0.2, 0) is 4.79 Å². The fourth-order valence-electron chi connectivity index (χ4n) is 3.92. The lowest BCUT2D eigenvalue weighted by Crippen LogP contribution is -3.28. The molecule has 2 aromatic rings. The van der Waals surface area contributed by atoms with E-state index < -0.39 is 0 Å². The molecule has 0 saturated carbocycles. The summed E-state index contributed by atoms with van der Waals surface area (Å²) in [4.78, 5) is 15.4. The van der Waals surface area contributed by atoms with Crippen LogP contribution in [0, 0.1) is 13.8 Å². The Morgan fingerprint density at radius 1 is 0.900 bits per heavy atom. The lowest BCUT2D eigenvalue weighted by molar-refractivity contribution is -1.01. The first-order chi connectivity index (χ1) is 14.5. The molecule has 1 aliphatic heterocycles. The highest BCUT2D eigenvalue weighted by atomic mass is 16.5. The molecule has 6 nitrogen and oxygen atoms in total. The largest absolute Gasteiger partial charge is 0.494 e. The fourth-order valence-corrected chi connectivity index (χ4v) is 3.92. The normalized spacial score (nSPS) is 18.6. The minimum atomic E-state index is 0.102. The van der Waals surface area contributed by atoms with Crippen molar-refractivity contribution < 1.29 is 24.1 Å². The number of aryl methyl sites for hydroxylation is 2. The first kappa shape index (κ1) is 22.1. The van der Waals surface area contributed by atoms with Gasteiger partial charge < -0.3 is 24.6 Å². The minimum Gasteiger partial charge on any atom is -0.494 e. The van der Waals surface area contributed by atoms with Crippen molar-refractivity contribution in [1.82, 2.24) is 0 Å². The van der Waals surface area contributed by atoms with E-state index in [4.69, 9.17) is 9.47 Å². The third kappa shape index (κ3) is 6.47. The Morgan fingerprint density at radius 3 is 2.07 bits per heavy atom. The van der Waals surface area contributed by atoms with E-state index in [-0.39, 0.29) is 5.91 Å². The first-order valence-corrected chi connectivity index (χ1v) is 10.9. The topological polar surface area (TPSA) is 56.4 Å². The molecule has 2 aromatic carbocycles. The second-order valence-electron chi connectivity index (χ2n) is 7.99. The van der Waals surface area contributed by atoms with Gasteiger partial charge in [0.1, 0.15) is 50.8 Å². The average molecular weight is 414 g/mol. The Hall–Kier alpha value is -2.57. The number of rotatable bonds is 9. The predicted octanol–water partition coefficient (Wildman–Crippen LogP) is 0.503. The quantitative estimate of drug-likeness (QED) is 0.561. The highest BCUT2D eigenvalue weighted by Crippen LogP contribution is 2.19. The van der Waals surface area contributed by atoms with Gasteiger partial charge >= 0.3 is 0 Å². The standard InChI is InChI=1S/C24H33N3O3/c1-4-29-21-8-10-22(11-9-21)30-17-16-26-12-14-27(15-13-26)18-23(28)25-24-19(2)6-5-7-20(24)3/h5-11H,4,12-18H2,1-3H3,(H,25,28)/p+2. The van der Waals surface area contributed by atoms with E-state index in [0.29, 0.717) is 19.8 Å². The molecule has 0 spiro atoms. The van der Waals surface area contributed by atoms with Crippen molar-refractivity contribution in [2.45, 2.75) is 20.8 Å². The van der Waals surface area contributed by atoms with Gasteiger partial charge in [0.15, 0.2) is 6.54 Å². The van der Waals surface area contributed by atoms with E-state index in [9.17, 15) is 4.79 Å². The van der Waals surface area contributed by atoms with Crippen LogP contribution in [0.5, 0.6) is 11.5 Å². The summed E-state index contributed by atoms with van der Waals surface area (Å²) in [5.41, 5.74) is 3.18. The van der Waals surface area contributed by atoms with E-state index >= 15 is 0 Å². The monoisotopic (exact) mass is 413 g/mol. The van der Waals surface area contributed by atoms with Gasteiger partial charge in [-0.25, -0.2) is 0 Å². The van der Waals surface area contributed by atoms with Gasteiger partial charge in [-0.3, -0.25) is 4.79 Å². The van der Waals surface area contributed by atoms with Gasteiger partial charge in [0, 0.05) is 5.69 Å². The molecule has 30 heavy (non-hydrogen) atoms. The van der Waals surface area contributed by atoms with Crippen molar-refractivity contribution in [1.29, 1.82) is 0 Å². The first-order valence-electron chi connectivity index (χ1n) is 10.9. The van der Waals surface area contributed by atoms with Gasteiger partial charge in [-0.15, -0.1) is 0 Å². The summed E-state index contributed by atoms with van der Waals surface area (Å²) < 4.78 is 11.3. The zero-order valence-corrected chi connectivity index (χ0v) is 18.4. The summed E-state index contributed by atoms with van der Waals surface area (Å²) in [5.74, 6) is 1.85. The van der Waals surface area contributed by atoms with Crippen LogP contribution >= 0.6 is 0 Å². The number of benzene rings is 2. The van der Waals surface area contributed by atoms with Crippen LogP contribution in [0.4, 0.5) is 5.69 Å². The van der Waals surface area contributed by atoms with E-state index in [2.05, 4.69) is 5.32 Å². The molecule has 1 saturated heterocycles. The molecule has 0 radical (unpaired) electrons. The maximum atomic E-state index is 12.5. The Bertz CT molecular complexity index is 795. The van der Waals surface area contributed by atoms with Crippen LogP contribution in [-0.4, -0.2) is 58.4 Å². The second-order valence-corrected chi connectivity index (χ2v) is 7.99. The molecule has 1 heterocycles. The molecular formula is C24H35N3O3+2. The summed E-state index contributed by atoms with van der Waals surface area (Å²) in [6, 6.07) is 13.9. The second kappa shape index (κ2) is 11.0. The molecule has 0 bridgehead atoms. The SMILES string of the molecule is CCOc1ccc(OCC[NH+]2CC[NH+](CC(=O)Nc3c(C)cccc3C)CC2)cc1. The van der Waals surface area contributed by atoms with E-state index in [0.717, 1.165) is 61.0 Å². The van der Waals surface area contributed by atoms with Gasteiger partial charge in [-0.1, -0.05) is 18.2 Å². The molecule has 0 aliphatic carbocycles. The number of anilines is 1. The van der Waals surface area contributed by atoms with Crippen molar-refractivity contribution in [3.05, 3.63) is 53.6 Å². The van der Waals surface area contributed by atoms with Gasteiger partial charge in [-0.2, -0.15) is 0 Å². The van der Waals surface area contributed by atoms with Crippen molar-refractivity contribution >= 4 is 11.6 Å². The average Bonchev–Trinajstić information content (AvgIpc) is 2.74. The highest BCUT2D eigenvalue weighted by molar-refractivity contribution is 5.93. The van der Waals surface area contributed by atoms with E-state index in [1.807, 2.05) is 63.2 Å². The Labute approximate surface area is 179 Å². The molecule has 162 valence electrons. The van der Waals surface area contributed by atoms with E-state index in [1.54, 1.807) is 4.90 Å². The summed E-state index contributed by atoms with van der Waals surface area (Å²) in [6.45, 7) is 13.1.